The first-order chi connectivity index (χ1) is 11.5. The lowest BCUT2D eigenvalue weighted by atomic mass is 10.1. The fraction of sp³-hybridized carbons (Fsp3) is 0.467. The van der Waals surface area contributed by atoms with E-state index in [0.717, 1.165) is 18.0 Å². The number of sulfonamides is 1. The number of benzene rings is 1. The highest BCUT2D eigenvalue weighted by Gasteiger charge is 2.30. The number of ether oxygens (including phenoxy) is 1. The average molecular weight is 354 g/mol. The molecule has 0 atom stereocenters. The molecule has 130 valence electrons. The van der Waals surface area contributed by atoms with Gasteiger partial charge < -0.3 is 9.30 Å². The highest BCUT2D eigenvalue weighted by molar-refractivity contribution is 7.89. The van der Waals surface area contributed by atoms with Gasteiger partial charge in [0.1, 0.15) is 18.8 Å². The van der Waals surface area contributed by atoms with Gasteiger partial charge in [0, 0.05) is 26.2 Å². The van der Waals surface area contributed by atoms with E-state index in [-0.39, 0.29) is 10.9 Å². The van der Waals surface area contributed by atoms with Gasteiger partial charge >= 0.3 is 0 Å². The molecular weight excluding hydrogens is 335 g/mol. The molecule has 1 saturated heterocycles. The predicted molar refractivity (Wildman–Crippen MR) is 84.2 cm³/mol. The molecular formula is C15H19FN4O3S. The molecule has 1 aromatic carbocycles. The van der Waals surface area contributed by atoms with E-state index in [1.165, 1.54) is 16.4 Å². The van der Waals surface area contributed by atoms with Gasteiger partial charge in [-0.2, -0.15) is 4.31 Å². The summed E-state index contributed by atoms with van der Waals surface area (Å²) in [6, 6.07) is 5.06. The summed E-state index contributed by atoms with van der Waals surface area (Å²) in [5, 5.41) is 7.93. The monoisotopic (exact) mass is 354 g/mol. The molecule has 0 bridgehead atoms. The molecule has 1 fully saturated rings. The minimum Gasteiger partial charge on any atom is -0.377 e. The van der Waals surface area contributed by atoms with Crippen molar-refractivity contribution in [1.29, 1.82) is 0 Å². The molecule has 0 spiro atoms. The smallest absolute Gasteiger partial charge is 0.243 e. The van der Waals surface area contributed by atoms with Gasteiger partial charge in [0.15, 0.2) is 5.82 Å². The minimum absolute atomic E-state index is 0.117. The molecule has 0 amide bonds. The summed E-state index contributed by atoms with van der Waals surface area (Å²) < 4.78 is 46.7. The van der Waals surface area contributed by atoms with Crippen LogP contribution < -0.4 is 0 Å². The van der Waals surface area contributed by atoms with E-state index in [1.54, 1.807) is 13.4 Å². The molecule has 0 N–H and O–H groups in total. The summed E-state index contributed by atoms with van der Waals surface area (Å²) in [6.45, 7) is 1.16. The van der Waals surface area contributed by atoms with E-state index in [9.17, 15) is 12.8 Å². The first kappa shape index (κ1) is 17.0. The Kier molecular flexibility index (Phi) is 4.93. The zero-order valence-corrected chi connectivity index (χ0v) is 14.1. The lowest BCUT2D eigenvalue weighted by Gasteiger charge is -2.32. The van der Waals surface area contributed by atoms with E-state index in [2.05, 4.69) is 10.2 Å². The Morgan fingerprint density at radius 3 is 2.54 bits per heavy atom. The Morgan fingerprint density at radius 1 is 1.25 bits per heavy atom. The second-order valence-electron chi connectivity index (χ2n) is 5.68. The molecule has 9 heteroatoms. The maximum absolute atomic E-state index is 13.0. The van der Waals surface area contributed by atoms with Crippen LogP contribution in [0.5, 0.6) is 0 Å². The number of nitrogens with zero attached hydrogens (tertiary/aromatic N) is 4. The van der Waals surface area contributed by atoms with Crippen molar-refractivity contribution in [2.75, 3.05) is 20.2 Å². The molecule has 3 rings (SSSR count). The van der Waals surface area contributed by atoms with Crippen molar-refractivity contribution >= 4 is 10.0 Å². The Morgan fingerprint density at radius 2 is 1.92 bits per heavy atom. The summed E-state index contributed by atoms with van der Waals surface area (Å²) in [5.41, 5.74) is 0. The third-order valence-corrected chi connectivity index (χ3v) is 6.10. The molecule has 7 nitrogen and oxygen atoms in total. The summed E-state index contributed by atoms with van der Waals surface area (Å²) in [7, 11) is -2.00. The van der Waals surface area contributed by atoms with E-state index in [1.807, 2.05) is 4.57 Å². The number of piperidine rings is 1. The molecule has 1 aliphatic rings. The van der Waals surface area contributed by atoms with Crippen molar-refractivity contribution in [3.05, 3.63) is 42.2 Å². The number of hydrogen-bond acceptors (Lipinski definition) is 5. The van der Waals surface area contributed by atoms with E-state index >= 15 is 0 Å². The molecule has 2 heterocycles. The van der Waals surface area contributed by atoms with Gasteiger partial charge in [-0.1, -0.05) is 0 Å². The first-order valence-corrected chi connectivity index (χ1v) is 9.09. The second kappa shape index (κ2) is 6.96. The van der Waals surface area contributed by atoms with Crippen LogP contribution >= 0.6 is 0 Å². The largest absolute Gasteiger partial charge is 0.377 e. The highest BCUT2D eigenvalue weighted by Crippen LogP contribution is 2.27. The van der Waals surface area contributed by atoms with Crippen LogP contribution in [-0.4, -0.2) is 47.7 Å². The fourth-order valence-corrected chi connectivity index (χ4v) is 4.39. The molecule has 24 heavy (non-hydrogen) atoms. The van der Waals surface area contributed by atoms with E-state index in [4.69, 9.17) is 4.74 Å². The van der Waals surface area contributed by atoms with Crippen molar-refractivity contribution in [2.45, 2.75) is 30.4 Å². The second-order valence-corrected chi connectivity index (χ2v) is 7.61. The van der Waals surface area contributed by atoms with Gasteiger partial charge in [-0.15, -0.1) is 10.2 Å². The Balaban J connectivity index is 1.70. The predicted octanol–water partition coefficient (Wildman–Crippen LogP) is 1.59. The minimum atomic E-state index is -3.59. The van der Waals surface area contributed by atoms with Gasteiger partial charge in [0.05, 0.1) is 4.90 Å². The van der Waals surface area contributed by atoms with Crippen LogP contribution in [0.1, 0.15) is 24.7 Å². The maximum Gasteiger partial charge on any atom is 0.243 e. The van der Waals surface area contributed by atoms with E-state index in [0.29, 0.717) is 32.5 Å². The van der Waals surface area contributed by atoms with E-state index < -0.39 is 15.8 Å². The lowest BCUT2D eigenvalue weighted by Crippen LogP contribution is -2.39. The molecule has 1 aliphatic heterocycles. The van der Waals surface area contributed by atoms with Crippen molar-refractivity contribution in [2.24, 2.45) is 0 Å². The fourth-order valence-electron chi connectivity index (χ4n) is 2.92. The number of hydrogen-bond donors (Lipinski definition) is 0. The summed E-state index contributed by atoms with van der Waals surface area (Å²) in [6.07, 6.45) is 2.98. The lowest BCUT2D eigenvalue weighted by molar-refractivity contribution is 0.167. The SMILES string of the molecule is COCc1nncn1C1CCN(S(=O)(=O)c2ccc(F)cc2)CC1. The molecule has 2 aromatic rings. The van der Waals surface area contributed by atoms with Gasteiger partial charge in [0.25, 0.3) is 0 Å². The summed E-state index contributed by atoms with van der Waals surface area (Å²) in [5.74, 6) is 0.281. The van der Waals surface area contributed by atoms with Crippen LogP contribution in [0.2, 0.25) is 0 Å². The van der Waals surface area contributed by atoms with Crippen LogP contribution in [0, 0.1) is 5.82 Å². The zero-order chi connectivity index (χ0) is 17.2. The summed E-state index contributed by atoms with van der Waals surface area (Å²) >= 11 is 0. The quantitative estimate of drug-likeness (QED) is 0.815. The Labute approximate surface area is 140 Å². The van der Waals surface area contributed by atoms with Crippen LogP contribution in [0.3, 0.4) is 0 Å². The first-order valence-electron chi connectivity index (χ1n) is 7.65. The van der Waals surface area contributed by atoms with Gasteiger partial charge in [-0.25, -0.2) is 12.8 Å². The normalized spacial score (nSPS) is 17.2. The van der Waals surface area contributed by atoms with Crippen LogP contribution in [-0.2, 0) is 21.4 Å². The zero-order valence-electron chi connectivity index (χ0n) is 13.3. The molecule has 0 aliphatic carbocycles. The third-order valence-electron chi connectivity index (χ3n) is 4.19. The van der Waals surface area contributed by atoms with Crippen molar-refractivity contribution in [3.63, 3.8) is 0 Å². The molecule has 0 saturated carbocycles. The van der Waals surface area contributed by atoms with Crippen molar-refractivity contribution in [3.8, 4) is 0 Å². The maximum atomic E-state index is 13.0. The number of aromatic nitrogens is 3. The Bertz CT molecular complexity index is 783. The number of halogens is 1. The van der Waals surface area contributed by atoms with Gasteiger partial charge in [-0.05, 0) is 37.1 Å². The summed E-state index contributed by atoms with van der Waals surface area (Å²) in [4.78, 5) is 0.117. The average Bonchev–Trinajstić information content (AvgIpc) is 3.04. The van der Waals surface area contributed by atoms with Crippen molar-refractivity contribution in [1.82, 2.24) is 19.1 Å². The molecule has 1 aromatic heterocycles. The topological polar surface area (TPSA) is 77.3 Å². The van der Waals surface area contributed by atoms with Crippen LogP contribution in [0.4, 0.5) is 4.39 Å². The molecule has 0 unspecified atom stereocenters. The van der Waals surface area contributed by atoms with Gasteiger partial charge in [0.2, 0.25) is 10.0 Å². The number of rotatable bonds is 5. The Hall–Kier alpha value is -1.84. The third kappa shape index (κ3) is 3.33. The van der Waals surface area contributed by atoms with Gasteiger partial charge in [-0.3, -0.25) is 0 Å². The number of methoxy groups -OCH3 is 1. The molecule has 0 radical (unpaired) electrons. The standard InChI is InChI=1S/C15H19FN4O3S/c1-23-10-15-18-17-11-20(15)13-6-8-19(9-7-13)24(21,22)14-4-2-12(16)3-5-14/h2-5,11,13H,6-10H2,1H3. The van der Waals surface area contributed by atoms with Crippen LogP contribution in [0.25, 0.3) is 0 Å². The van der Waals surface area contributed by atoms with Crippen molar-refractivity contribution < 1.29 is 17.5 Å². The van der Waals surface area contributed by atoms with Crippen LogP contribution in [0.15, 0.2) is 35.5 Å². The highest BCUT2D eigenvalue weighted by atomic mass is 32.2.